The second-order valence-corrected chi connectivity index (χ2v) is 20.7. The van der Waals surface area contributed by atoms with E-state index in [1.54, 1.807) is 0 Å². The maximum Gasteiger partial charge on any atom is 1.00 e. The number of fused-ring (bicyclic) bond motifs is 2. The molecule has 0 bridgehead atoms. The van der Waals surface area contributed by atoms with Crippen LogP contribution in [0.2, 0.25) is 0 Å². The van der Waals surface area contributed by atoms with Gasteiger partial charge in [0.1, 0.15) is 36.0 Å². The van der Waals surface area contributed by atoms with Crippen LogP contribution in [0.15, 0.2) is 155 Å². The van der Waals surface area contributed by atoms with Crippen LogP contribution in [0.3, 0.4) is 0 Å². The van der Waals surface area contributed by atoms with Gasteiger partial charge < -0.3 is 18.8 Å². The van der Waals surface area contributed by atoms with E-state index in [1.807, 2.05) is 0 Å². The van der Waals surface area contributed by atoms with E-state index in [1.165, 1.54) is 122 Å². The minimum absolute atomic E-state index is 0. The molecule has 12 nitrogen and oxygen atoms in total. The molecule has 0 atom stereocenters. The van der Waals surface area contributed by atoms with Gasteiger partial charge in [0.15, 0.2) is 5.75 Å². The number of benzene rings is 4. The number of azo groups is 1. The van der Waals surface area contributed by atoms with Crippen LogP contribution in [0.25, 0.3) is 21.5 Å². The summed E-state index contributed by atoms with van der Waals surface area (Å²) in [5.41, 5.74) is 8.46. The van der Waals surface area contributed by atoms with Crippen molar-refractivity contribution in [1.82, 2.24) is 0 Å². The topological polar surface area (TPSA) is 217 Å². The van der Waals surface area contributed by atoms with Gasteiger partial charge in [0.25, 0.3) is 0 Å². The zero-order valence-corrected chi connectivity index (χ0v) is 50.0. The Labute approximate surface area is 471 Å². The van der Waals surface area contributed by atoms with Gasteiger partial charge >= 0.3 is 88.7 Å². The van der Waals surface area contributed by atoms with Crippen molar-refractivity contribution in [2.75, 3.05) is 0 Å². The minimum atomic E-state index is -5.27. The Kier molecular flexibility index (Phi) is 30.5. The standard InChI is InChI=1S/C30H50.C20H14N2O10S3.3Na/c1-25(2)15-11-19-29(7)23-13-21-27(5)17-9-10-18-28(6)22-14-24-30(8)20-12-16-26(3)4;23-20-18(35(30,31)32)10-11-9-12(33(24,25)26)5-6-13(11)19(20)22-21-16-7-8-17(34(27,28)29)15-4-2-1-3-14(15)16;;;/h15-18,23-24H,9-14,19-22H2,1-8H3;1-10,23H,(H,24,25,26)(H,27,28,29)(H,30,31,32);;;/q;;3*+1/p-3/b27-17+,28-18+,29-23+,30-24+;;;;. The second kappa shape index (κ2) is 31.4. The van der Waals surface area contributed by atoms with Crippen molar-refractivity contribution in [3.05, 3.63) is 131 Å². The normalized spacial score (nSPS) is 12.7. The van der Waals surface area contributed by atoms with Gasteiger partial charge in [-0.3, -0.25) is 0 Å². The molecule has 4 aromatic rings. The SMILES string of the molecule is CC(C)=CCC/C(C)=C/CC/C(C)=C/CC/C=C(\C)CC/C=C(\C)CCC=C(C)C.O=S(=O)([O-])c1ccc2c(N=Nc3ccc(S(=O)(=O)[O-])c4ccccc34)c(O)c(S(=O)(=O)[O-])cc2c1.[Na+].[Na+].[Na+]. The molecule has 0 spiro atoms. The van der Waals surface area contributed by atoms with E-state index in [9.17, 15) is 44.0 Å². The van der Waals surface area contributed by atoms with Crippen molar-refractivity contribution in [3.63, 3.8) is 0 Å². The zero-order chi connectivity index (χ0) is 48.5. The molecule has 0 aliphatic carbocycles. The molecule has 0 unspecified atom stereocenters. The third-order valence-electron chi connectivity index (χ3n) is 10.4. The number of rotatable bonds is 20. The zero-order valence-electron chi connectivity index (χ0n) is 41.5. The molecule has 4 rings (SSSR count). The van der Waals surface area contributed by atoms with E-state index >= 15 is 0 Å². The van der Waals surface area contributed by atoms with Crippen molar-refractivity contribution in [2.45, 2.75) is 134 Å². The number of phenolic OH excluding ortho intramolecular Hbond substituents is 1. The summed E-state index contributed by atoms with van der Waals surface area (Å²) < 4.78 is 104. The van der Waals surface area contributed by atoms with Crippen molar-refractivity contribution in [3.8, 4) is 5.75 Å². The van der Waals surface area contributed by atoms with Crippen LogP contribution >= 0.6 is 0 Å². The smallest absolute Gasteiger partial charge is 0.744 e. The number of allylic oxidation sites excluding steroid dienone is 12. The van der Waals surface area contributed by atoms with Gasteiger partial charge in [-0.05, 0) is 155 Å². The molecule has 1 N–H and O–H groups in total. The van der Waals surface area contributed by atoms with Gasteiger partial charge in [-0.1, -0.05) is 100 Å². The van der Waals surface area contributed by atoms with Crippen LogP contribution in [0.5, 0.6) is 5.75 Å². The molecular weight excluding hydrogens is 954 g/mol. The Bertz CT molecular complexity index is 2840. The Morgan fingerprint density at radius 2 is 0.912 bits per heavy atom. The fourth-order valence-corrected chi connectivity index (χ4v) is 8.57. The quantitative estimate of drug-likeness (QED) is 0.0432. The monoisotopic (exact) mass is 1010 g/mol. The number of unbranched alkanes of at least 4 members (excludes halogenated alkanes) is 1. The van der Waals surface area contributed by atoms with Crippen molar-refractivity contribution in [1.29, 1.82) is 0 Å². The predicted octanol–water partition coefficient (Wildman–Crippen LogP) is 4.44. The van der Waals surface area contributed by atoms with Crippen molar-refractivity contribution in [2.24, 2.45) is 10.2 Å². The maximum atomic E-state index is 11.7. The first-order valence-electron chi connectivity index (χ1n) is 21.4. The molecule has 4 aromatic carbocycles. The molecule has 0 aliphatic rings. The molecule has 0 fully saturated rings. The fraction of sp³-hybridized carbons (Fsp3) is 0.360. The number of hydrogen-bond acceptors (Lipinski definition) is 12. The first kappa shape index (κ1) is 66.0. The van der Waals surface area contributed by atoms with Gasteiger partial charge in [-0.25, -0.2) is 25.3 Å². The largest absolute Gasteiger partial charge is 1.00 e. The maximum absolute atomic E-state index is 11.7. The molecule has 0 heterocycles. The van der Waals surface area contributed by atoms with Crippen LogP contribution in [0.1, 0.15) is 120 Å². The summed E-state index contributed by atoms with van der Waals surface area (Å²) in [6.45, 7) is 17.8. The first-order valence-corrected chi connectivity index (χ1v) is 25.6. The second-order valence-electron chi connectivity index (χ2n) is 16.6. The molecule has 0 aliphatic heterocycles. The van der Waals surface area contributed by atoms with Crippen LogP contribution in [-0.4, -0.2) is 44.0 Å². The Hall–Kier alpha value is -2.03. The minimum Gasteiger partial charge on any atom is -0.744 e. The third-order valence-corrected chi connectivity index (χ3v) is 12.9. The third kappa shape index (κ3) is 23.0. The molecule has 0 saturated heterocycles. The molecule has 68 heavy (non-hydrogen) atoms. The average molecular weight is 1020 g/mol. The van der Waals surface area contributed by atoms with Gasteiger partial charge in [-0.15, -0.1) is 10.2 Å². The van der Waals surface area contributed by atoms with Crippen LogP contribution in [-0.2, 0) is 30.4 Å². The first-order chi connectivity index (χ1) is 30.4. The van der Waals surface area contributed by atoms with Gasteiger partial charge in [0.05, 0.1) is 20.4 Å². The number of phenols is 1. The van der Waals surface area contributed by atoms with Crippen molar-refractivity contribution >= 4 is 63.3 Å². The van der Waals surface area contributed by atoms with E-state index in [4.69, 9.17) is 0 Å². The van der Waals surface area contributed by atoms with Crippen molar-refractivity contribution < 1.29 is 133 Å². The molecule has 0 radical (unpaired) electrons. The summed E-state index contributed by atoms with van der Waals surface area (Å²) in [5, 5.41) is 18.2. The summed E-state index contributed by atoms with van der Waals surface area (Å²) >= 11 is 0. The number of aromatic hydroxyl groups is 1. The number of nitrogens with zero attached hydrogens (tertiary/aromatic N) is 2. The van der Waals surface area contributed by atoms with E-state index in [-0.39, 0.29) is 116 Å². The summed E-state index contributed by atoms with van der Waals surface area (Å²) in [5.74, 6) is -1.07. The van der Waals surface area contributed by atoms with Crippen LogP contribution in [0, 0.1) is 0 Å². The summed E-state index contributed by atoms with van der Waals surface area (Å²) in [4.78, 5) is -2.35. The molecule has 18 heteroatoms. The Morgan fingerprint density at radius 1 is 0.485 bits per heavy atom. The summed E-state index contributed by atoms with van der Waals surface area (Å²) in [6.07, 6.45) is 26.2. The van der Waals surface area contributed by atoms with Gasteiger partial charge in [-0.2, -0.15) is 0 Å². The van der Waals surface area contributed by atoms with E-state index in [0.717, 1.165) is 30.3 Å². The van der Waals surface area contributed by atoms with Gasteiger partial charge in [0, 0.05) is 16.2 Å². The Morgan fingerprint density at radius 3 is 1.34 bits per heavy atom. The summed E-state index contributed by atoms with van der Waals surface area (Å²) in [7, 11) is -15.0. The van der Waals surface area contributed by atoms with Crippen LogP contribution in [0.4, 0.5) is 11.4 Å². The van der Waals surface area contributed by atoms with Gasteiger partial charge in [0.2, 0.25) is 0 Å². The summed E-state index contributed by atoms with van der Waals surface area (Å²) in [6, 6.07) is 11.5. The predicted molar refractivity (Wildman–Crippen MR) is 258 cm³/mol. The molecule has 0 saturated carbocycles. The van der Waals surface area contributed by atoms with E-state index in [2.05, 4.69) is 102 Å². The van der Waals surface area contributed by atoms with E-state index < -0.39 is 56.5 Å². The fourth-order valence-electron chi connectivity index (χ4n) is 6.78. The number of hydrogen-bond donors (Lipinski definition) is 1. The molecule has 0 amide bonds. The van der Waals surface area contributed by atoms with E-state index in [0.29, 0.717) is 6.07 Å². The molecule has 0 aromatic heterocycles. The molecule has 352 valence electrons. The average Bonchev–Trinajstić information content (AvgIpc) is 3.20. The Balaban J connectivity index is 0.00000128. The van der Waals surface area contributed by atoms with Crippen LogP contribution < -0.4 is 88.7 Å². The molecular formula is C50H61N2Na3O10S3.